The molecule has 0 saturated heterocycles. The first-order valence-corrected chi connectivity index (χ1v) is 6.62. The molecule has 0 spiro atoms. The Hall–Kier alpha value is -0.180. The highest BCUT2D eigenvalue weighted by atomic mass is 19.3. The molecule has 0 radical (unpaired) electrons. The van der Waals surface area contributed by atoms with Gasteiger partial charge in [-0.3, -0.25) is 0 Å². The van der Waals surface area contributed by atoms with Crippen LogP contribution in [0, 0.1) is 5.92 Å². The Balaban J connectivity index is 2.23. The van der Waals surface area contributed by atoms with Gasteiger partial charge < -0.3 is 5.11 Å². The summed E-state index contributed by atoms with van der Waals surface area (Å²) in [5.74, 6) is -2.30. The minimum Gasteiger partial charge on any atom is -0.387 e. The zero-order valence-electron chi connectivity index (χ0n) is 10.2. The van der Waals surface area contributed by atoms with Crippen LogP contribution in [0.3, 0.4) is 0 Å². The third-order valence-electron chi connectivity index (χ3n) is 3.67. The van der Waals surface area contributed by atoms with E-state index in [-0.39, 0.29) is 12.8 Å². The minimum absolute atomic E-state index is 0.171. The summed E-state index contributed by atoms with van der Waals surface area (Å²) in [5, 5.41) is 9.51. The molecule has 1 rings (SSSR count). The van der Waals surface area contributed by atoms with E-state index >= 15 is 0 Å². The van der Waals surface area contributed by atoms with Crippen molar-refractivity contribution in [3.05, 3.63) is 0 Å². The van der Waals surface area contributed by atoms with Crippen LogP contribution in [-0.4, -0.2) is 17.1 Å². The van der Waals surface area contributed by atoms with E-state index in [0.717, 1.165) is 25.7 Å². The minimum atomic E-state index is -2.88. The number of alkyl halides is 2. The van der Waals surface area contributed by atoms with Crippen molar-refractivity contribution >= 4 is 0 Å². The van der Waals surface area contributed by atoms with E-state index in [1.165, 1.54) is 12.8 Å². The highest BCUT2D eigenvalue weighted by Crippen LogP contribution is 2.33. The molecule has 1 saturated carbocycles. The van der Waals surface area contributed by atoms with Crippen LogP contribution in [0.5, 0.6) is 0 Å². The lowest BCUT2D eigenvalue weighted by Gasteiger charge is -2.23. The van der Waals surface area contributed by atoms with Crippen molar-refractivity contribution in [3.63, 3.8) is 0 Å². The molecule has 1 fully saturated rings. The molecule has 16 heavy (non-hydrogen) atoms. The molecule has 0 bridgehead atoms. The molecule has 0 aromatic rings. The number of halogens is 2. The van der Waals surface area contributed by atoms with Gasteiger partial charge in [0.1, 0.15) is 6.10 Å². The third kappa shape index (κ3) is 4.36. The number of hydrogen-bond donors (Lipinski definition) is 1. The number of aliphatic hydroxyl groups is 1. The van der Waals surface area contributed by atoms with E-state index in [1.54, 1.807) is 0 Å². The smallest absolute Gasteiger partial charge is 0.273 e. The Morgan fingerprint density at radius 3 is 2.50 bits per heavy atom. The SMILES string of the molecule is CCCCC(F)(F)C(O)CCC1CCCC1. The largest absolute Gasteiger partial charge is 0.387 e. The van der Waals surface area contributed by atoms with Crippen LogP contribution in [0.1, 0.15) is 64.7 Å². The molecule has 3 heteroatoms. The van der Waals surface area contributed by atoms with Crippen LogP contribution in [0.2, 0.25) is 0 Å². The molecule has 1 atom stereocenters. The van der Waals surface area contributed by atoms with Gasteiger partial charge in [-0.2, -0.15) is 0 Å². The van der Waals surface area contributed by atoms with Crippen molar-refractivity contribution in [2.45, 2.75) is 76.7 Å². The molecule has 1 unspecified atom stereocenters. The van der Waals surface area contributed by atoms with E-state index in [0.29, 0.717) is 12.3 Å². The maximum Gasteiger partial charge on any atom is 0.273 e. The highest BCUT2D eigenvalue weighted by molar-refractivity contribution is 4.78. The molecule has 0 aromatic heterocycles. The molecule has 1 N–H and O–H groups in total. The van der Waals surface area contributed by atoms with Crippen molar-refractivity contribution < 1.29 is 13.9 Å². The normalized spacial score (nSPS) is 20.2. The van der Waals surface area contributed by atoms with Gasteiger partial charge in [0.15, 0.2) is 0 Å². The van der Waals surface area contributed by atoms with Gasteiger partial charge >= 0.3 is 0 Å². The Morgan fingerprint density at radius 1 is 1.31 bits per heavy atom. The van der Waals surface area contributed by atoms with Gasteiger partial charge in [-0.05, 0) is 25.2 Å². The molecule has 0 amide bonds. The van der Waals surface area contributed by atoms with Crippen molar-refractivity contribution in [1.29, 1.82) is 0 Å². The molecule has 0 aromatic carbocycles. The van der Waals surface area contributed by atoms with Gasteiger partial charge in [0.25, 0.3) is 5.92 Å². The van der Waals surface area contributed by atoms with Gasteiger partial charge in [-0.1, -0.05) is 39.0 Å². The third-order valence-corrected chi connectivity index (χ3v) is 3.67. The van der Waals surface area contributed by atoms with Gasteiger partial charge in [0.2, 0.25) is 0 Å². The fraction of sp³-hybridized carbons (Fsp3) is 1.00. The van der Waals surface area contributed by atoms with Crippen molar-refractivity contribution in [3.8, 4) is 0 Å². The molecule has 0 heterocycles. The number of aliphatic hydroxyl groups excluding tert-OH is 1. The van der Waals surface area contributed by atoms with Gasteiger partial charge in [0.05, 0.1) is 0 Å². The Labute approximate surface area is 97.2 Å². The molecular formula is C13H24F2O. The van der Waals surface area contributed by atoms with Crippen LogP contribution >= 0.6 is 0 Å². The average Bonchev–Trinajstić information content (AvgIpc) is 2.75. The standard InChI is InChI=1S/C13H24F2O/c1-2-3-10-13(14,15)12(16)9-8-11-6-4-5-7-11/h11-12,16H,2-10H2,1H3. The van der Waals surface area contributed by atoms with E-state index in [1.807, 2.05) is 6.92 Å². The Morgan fingerprint density at radius 2 is 1.94 bits per heavy atom. The van der Waals surface area contributed by atoms with E-state index in [4.69, 9.17) is 0 Å². The quantitative estimate of drug-likeness (QED) is 0.701. The zero-order valence-corrected chi connectivity index (χ0v) is 10.2. The lowest BCUT2D eigenvalue weighted by Crippen LogP contribution is -2.33. The summed E-state index contributed by atoms with van der Waals surface area (Å²) in [5.41, 5.74) is 0. The lowest BCUT2D eigenvalue weighted by atomic mass is 9.95. The molecular weight excluding hydrogens is 210 g/mol. The summed E-state index contributed by atoms with van der Waals surface area (Å²) in [6.07, 6.45) is 5.46. The first-order valence-electron chi connectivity index (χ1n) is 6.62. The molecule has 1 nitrogen and oxygen atoms in total. The summed E-state index contributed by atoms with van der Waals surface area (Å²) in [6.45, 7) is 1.89. The number of rotatable bonds is 7. The monoisotopic (exact) mass is 234 g/mol. The van der Waals surface area contributed by atoms with Crippen LogP contribution in [0.15, 0.2) is 0 Å². The predicted octanol–water partition coefficient (Wildman–Crippen LogP) is 4.14. The highest BCUT2D eigenvalue weighted by Gasteiger charge is 2.37. The fourth-order valence-corrected chi connectivity index (χ4v) is 2.48. The Bertz CT molecular complexity index is 188. The first-order chi connectivity index (χ1) is 7.56. The van der Waals surface area contributed by atoms with Crippen LogP contribution in [-0.2, 0) is 0 Å². The van der Waals surface area contributed by atoms with Crippen molar-refractivity contribution in [1.82, 2.24) is 0 Å². The van der Waals surface area contributed by atoms with Crippen molar-refractivity contribution in [2.24, 2.45) is 5.92 Å². The van der Waals surface area contributed by atoms with Crippen LogP contribution in [0.25, 0.3) is 0 Å². The maximum atomic E-state index is 13.4. The van der Waals surface area contributed by atoms with Crippen LogP contribution < -0.4 is 0 Å². The van der Waals surface area contributed by atoms with E-state index < -0.39 is 12.0 Å². The topological polar surface area (TPSA) is 20.2 Å². The fourth-order valence-electron chi connectivity index (χ4n) is 2.48. The van der Waals surface area contributed by atoms with E-state index in [2.05, 4.69) is 0 Å². The number of hydrogen-bond acceptors (Lipinski definition) is 1. The first kappa shape index (κ1) is 13.9. The summed E-state index contributed by atoms with van der Waals surface area (Å²) >= 11 is 0. The number of unbranched alkanes of at least 4 members (excludes halogenated alkanes) is 1. The van der Waals surface area contributed by atoms with Crippen molar-refractivity contribution in [2.75, 3.05) is 0 Å². The summed E-state index contributed by atoms with van der Waals surface area (Å²) in [6, 6.07) is 0. The molecule has 1 aliphatic carbocycles. The maximum absolute atomic E-state index is 13.4. The average molecular weight is 234 g/mol. The van der Waals surface area contributed by atoms with Gasteiger partial charge in [-0.15, -0.1) is 0 Å². The summed E-state index contributed by atoms with van der Waals surface area (Å²) in [7, 11) is 0. The molecule has 1 aliphatic rings. The Kier molecular flexibility index (Phi) is 5.67. The lowest BCUT2D eigenvalue weighted by molar-refractivity contribution is -0.118. The summed E-state index contributed by atoms with van der Waals surface area (Å²) in [4.78, 5) is 0. The molecule has 0 aliphatic heterocycles. The molecule has 96 valence electrons. The predicted molar refractivity (Wildman–Crippen MR) is 61.7 cm³/mol. The summed E-state index contributed by atoms with van der Waals surface area (Å²) < 4.78 is 26.9. The second kappa shape index (κ2) is 6.53. The zero-order chi connectivity index (χ0) is 12.0. The second-order valence-corrected chi connectivity index (χ2v) is 5.11. The van der Waals surface area contributed by atoms with E-state index in [9.17, 15) is 13.9 Å². The second-order valence-electron chi connectivity index (χ2n) is 5.11. The van der Waals surface area contributed by atoms with Gasteiger partial charge in [-0.25, -0.2) is 8.78 Å². The van der Waals surface area contributed by atoms with Gasteiger partial charge in [0, 0.05) is 6.42 Å². The van der Waals surface area contributed by atoms with Crippen LogP contribution in [0.4, 0.5) is 8.78 Å².